The van der Waals surface area contributed by atoms with Gasteiger partial charge in [-0.2, -0.15) is 0 Å². The molecule has 0 aromatic rings. The summed E-state index contributed by atoms with van der Waals surface area (Å²) in [6.45, 7) is 3.11. The lowest BCUT2D eigenvalue weighted by Crippen LogP contribution is -2.29. The average Bonchev–Trinajstić information content (AvgIpc) is 2.00. The minimum Gasteiger partial charge on any atom is -0.460 e. The lowest BCUT2D eigenvalue weighted by molar-refractivity contribution is -0.135. The zero-order valence-corrected chi connectivity index (χ0v) is 6.96. The van der Waals surface area contributed by atoms with Gasteiger partial charge in [-0.25, -0.2) is 10.2 Å². The van der Waals surface area contributed by atoms with E-state index in [1.165, 1.54) is 6.92 Å². The second-order valence-corrected chi connectivity index (χ2v) is 1.89. The number of ether oxygens (including phenoxy) is 1. The average molecular weight is 173 g/mol. The summed E-state index contributed by atoms with van der Waals surface area (Å²) in [7, 11) is 0. The van der Waals surface area contributed by atoms with Crippen LogP contribution in [0.1, 0.15) is 13.8 Å². The SMILES string of the molecule is CCOC(=O)/C(N)=N/NC(C)=O. The Labute approximate surface area is 69.8 Å². The summed E-state index contributed by atoms with van der Waals surface area (Å²) in [5, 5.41) is 3.26. The van der Waals surface area contributed by atoms with Crippen LogP contribution in [0, 0.1) is 0 Å². The third-order valence-corrected chi connectivity index (χ3v) is 0.818. The summed E-state index contributed by atoms with van der Waals surface area (Å²) in [5.74, 6) is -1.51. The van der Waals surface area contributed by atoms with Crippen molar-refractivity contribution in [2.45, 2.75) is 13.8 Å². The van der Waals surface area contributed by atoms with Crippen LogP contribution in [-0.2, 0) is 14.3 Å². The van der Waals surface area contributed by atoms with Gasteiger partial charge in [0.05, 0.1) is 6.61 Å². The van der Waals surface area contributed by atoms with Crippen LogP contribution in [0.2, 0.25) is 0 Å². The smallest absolute Gasteiger partial charge is 0.375 e. The number of rotatable bonds is 2. The van der Waals surface area contributed by atoms with Gasteiger partial charge >= 0.3 is 5.97 Å². The molecule has 0 unspecified atom stereocenters. The second-order valence-electron chi connectivity index (χ2n) is 1.89. The molecule has 0 rings (SSSR count). The van der Waals surface area contributed by atoms with Gasteiger partial charge in [0.25, 0.3) is 0 Å². The molecule has 68 valence electrons. The molecule has 0 aliphatic rings. The summed E-state index contributed by atoms with van der Waals surface area (Å²) in [6.07, 6.45) is 0. The monoisotopic (exact) mass is 173 g/mol. The number of hydrogen-bond donors (Lipinski definition) is 2. The van der Waals surface area contributed by atoms with Crippen LogP contribution >= 0.6 is 0 Å². The summed E-state index contributed by atoms with van der Waals surface area (Å²) < 4.78 is 4.49. The molecule has 0 aromatic heterocycles. The van der Waals surface area contributed by atoms with E-state index in [4.69, 9.17) is 5.73 Å². The fraction of sp³-hybridized carbons (Fsp3) is 0.500. The van der Waals surface area contributed by atoms with Crippen LogP contribution in [0.15, 0.2) is 5.10 Å². The van der Waals surface area contributed by atoms with Gasteiger partial charge in [0.2, 0.25) is 11.7 Å². The predicted molar refractivity (Wildman–Crippen MR) is 42.1 cm³/mol. The van der Waals surface area contributed by atoms with E-state index in [0.29, 0.717) is 0 Å². The molecule has 12 heavy (non-hydrogen) atoms. The van der Waals surface area contributed by atoms with Gasteiger partial charge in [0.15, 0.2) is 0 Å². The Morgan fingerprint density at radius 1 is 1.58 bits per heavy atom. The number of hydrogen-bond acceptors (Lipinski definition) is 4. The molecule has 0 atom stereocenters. The van der Waals surface area contributed by atoms with Crippen LogP contribution in [0.4, 0.5) is 0 Å². The standard InChI is InChI=1S/C6H11N3O3/c1-3-12-6(11)5(7)9-8-4(2)10/h3H2,1-2H3,(H2,7,9)(H,8,10). The van der Waals surface area contributed by atoms with Gasteiger partial charge < -0.3 is 10.5 Å². The quantitative estimate of drug-likeness (QED) is 0.241. The number of nitrogens with zero attached hydrogens (tertiary/aromatic N) is 1. The minimum absolute atomic E-state index is 0.217. The molecular weight excluding hydrogens is 162 g/mol. The number of nitrogens with two attached hydrogens (primary N) is 1. The highest BCUT2D eigenvalue weighted by molar-refractivity contribution is 6.34. The van der Waals surface area contributed by atoms with Crippen molar-refractivity contribution in [3.05, 3.63) is 0 Å². The Kier molecular flexibility index (Phi) is 4.43. The summed E-state index contributed by atoms with van der Waals surface area (Å²) in [4.78, 5) is 21.0. The van der Waals surface area contributed by atoms with Crippen molar-refractivity contribution < 1.29 is 14.3 Å². The number of amides is 1. The van der Waals surface area contributed by atoms with Crippen LogP contribution in [0.5, 0.6) is 0 Å². The highest BCUT2D eigenvalue weighted by atomic mass is 16.5. The molecule has 0 saturated carbocycles. The topological polar surface area (TPSA) is 93.8 Å². The first kappa shape index (κ1) is 10.4. The van der Waals surface area contributed by atoms with E-state index < -0.39 is 11.9 Å². The molecule has 0 radical (unpaired) electrons. The molecule has 0 saturated heterocycles. The first-order chi connectivity index (χ1) is 5.57. The number of carbonyl (C=O) groups is 2. The van der Waals surface area contributed by atoms with Crippen molar-refractivity contribution in [2.24, 2.45) is 10.8 Å². The molecule has 0 aliphatic carbocycles. The van der Waals surface area contributed by atoms with Crippen molar-refractivity contribution in [1.82, 2.24) is 5.43 Å². The van der Waals surface area contributed by atoms with E-state index in [1.807, 2.05) is 5.43 Å². The van der Waals surface area contributed by atoms with Crippen molar-refractivity contribution in [3.63, 3.8) is 0 Å². The zero-order valence-electron chi connectivity index (χ0n) is 6.96. The largest absolute Gasteiger partial charge is 0.460 e. The maximum atomic E-state index is 10.7. The van der Waals surface area contributed by atoms with Gasteiger partial charge in [0, 0.05) is 6.92 Å². The van der Waals surface area contributed by atoms with E-state index in [9.17, 15) is 9.59 Å². The first-order valence-electron chi connectivity index (χ1n) is 3.34. The lowest BCUT2D eigenvalue weighted by atomic mass is 10.6. The van der Waals surface area contributed by atoms with Gasteiger partial charge in [0.1, 0.15) is 0 Å². The van der Waals surface area contributed by atoms with E-state index in [2.05, 4.69) is 9.84 Å². The van der Waals surface area contributed by atoms with Crippen molar-refractivity contribution >= 4 is 17.7 Å². The number of esters is 1. The highest BCUT2D eigenvalue weighted by Crippen LogP contribution is 1.77. The van der Waals surface area contributed by atoms with Gasteiger partial charge in [-0.1, -0.05) is 0 Å². The maximum Gasteiger partial charge on any atom is 0.375 e. The van der Waals surface area contributed by atoms with E-state index in [-0.39, 0.29) is 12.4 Å². The van der Waals surface area contributed by atoms with Crippen LogP contribution < -0.4 is 11.2 Å². The Hall–Kier alpha value is -1.59. The molecule has 0 spiro atoms. The molecule has 1 amide bonds. The van der Waals surface area contributed by atoms with Crippen LogP contribution in [0.25, 0.3) is 0 Å². The first-order valence-corrected chi connectivity index (χ1v) is 3.34. The molecule has 0 aromatic carbocycles. The Morgan fingerprint density at radius 3 is 2.58 bits per heavy atom. The molecule has 0 fully saturated rings. The third kappa shape index (κ3) is 4.26. The van der Waals surface area contributed by atoms with E-state index >= 15 is 0 Å². The molecule has 0 bridgehead atoms. The van der Waals surface area contributed by atoms with Crippen molar-refractivity contribution in [3.8, 4) is 0 Å². The second kappa shape index (κ2) is 5.11. The minimum atomic E-state index is -0.744. The van der Waals surface area contributed by atoms with Crippen LogP contribution in [-0.4, -0.2) is 24.3 Å². The molecule has 0 aliphatic heterocycles. The Bertz CT molecular complexity index is 212. The number of hydrazone groups is 1. The summed E-state index contributed by atoms with van der Waals surface area (Å²) in [5.41, 5.74) is 7.12. The summed E-state index contributed by atoms with van der Waals surface area (Å²) in [6, 6.07) is 0. The number of amidine groups is 1. The summed E-state index contributed by atoms with van der Waals surface area (Å²) >= 11 is 0. The van der Waals surface area contributed by atoms with E-state index in [0.717, 1.165) is 0 Å². The van der Waals surface area contributed by atoms with Gasteiger partial charge in [-0.15, -0.1) is 5.10 Å². The molecular formula is C6H11N3O3. The van der Waals surface area contributed by atoms with Gasteiger partial charge in [-0.05, 0) is 6.92 Å². The fourth-order valence-corrected chi connectivity index (χ4v) is 0.390. The Balaban J connectivity index is 3.99. The van der Waals surface area contributed by atoms with Crippen LogP contribution in [0.3, 0.4) is 0 Å². The molecule has 6 heteroatoms. The zero-order chi connectivity index (χ0) is 9.56. The lowest BCUT2D eigenvalue weighted by Gasteiger charge is -1.99. The van der Waals surface area contributed by atoms with Crippen molar-refractivity contribution in [2.75, 3.05) is 6.61 Å². The maximum absolute atomic E-state index is 10.7. The highest BCUT2D eigenvalue weighted by Gasteiger charge is 2.06. The van der Waals surface area contributed by atoms with Crippen molar-refractivity contribution in [1.29, 1.82) is 0 Å². The normalized spacial score (nSPS) is 10.7. The van der Waals surface area contributed by atoms with Gasteiger partial charge in [-0.3, -0.25) is 4.79 Å². The molecule has 3 N–H and O–H groups in total. The number of carbonyl (C=O) groups excluding carboxylic acids is 2. The van der Waals surface area contributed by atoms with E-state index in [1.54, 1.807) is 6.92 Å². The molecule has 6 nitrogen and oxygen atoms in total. The Morgan fingerprint density at radius 2 is 2.17 bits per heavy atom. The third-order valence-electron chi connectivity index (χ3n) is 0.818. The molecule has 0 heterocycles. The predicted octanol–water partition coefficient (Wildman–Crippen LogP) is -1.04. The number of nitrogens with one attached hydrogen (secondary N) is 1. The fourth-order valence-electron chi connectivity index (χ4n) is 0.390.